The van der Waals surface area contributed by atoms with Crippen molar-refractivity contribution >= 4 is 11.9 Å². The lowest BCUT2D eigenvalue weighted by molar-refractivity contribution is -0.145. The molecule has 1 aromatic carbocycles. The fourth-order valence-electron chi connectivity index (χ4n) is 1.62. The molecule has 2 unspecified atom stereocenters. The standard InChI is InChI=1S/C12H16N2O4/c1-11(13,9(15)16)7-5-3-4-6-8(7)12(2,14)10(17)18/h3-6H,13-14H2,1-2H3,(H,15,16)(H,17,18). The number of aliphatic carboxylic acids is 2. The number of hydrogen-bond donors (Lipinski definition) is 4. The number of rotatable bonds is 4. The summed E-state index contributed by atoms with van der Waals surface area (Å²) >= 11 is 0. The second-order valence-corrected chi connectivity index (χ2v) is 4.56. The summed E-state index contributed by atoms with van der Waals surface area (Å²) in [6, 6.07) is 6.12. The molecule has 0 fully saturated rings. The quantitative estimate of drug-likeness (QED) is 0.606. The smallest absolute Gasteiger partial charge is 0.328 e. The van der Waals surface area contributed by atoms with Crippen molar-refractivity contribution in [3.8, 4) is 0 Å². The normalized spacial score (nSPS) is 17.6. The average molecular weight is 252 g/mol. The molecular weight excluding hydrogens is 236 g/mol. The highest BCUT2D eigenvalue weighted by atomic mass is 16.4. The number of carboxylic acid groups (broad SMARTS) is 2. The highest BCUT2D eigenvalue weighted by molar-refractivity contribution is 5.84. The van der Waals surface area contributed by atoms with Gasteiger partial charge in [0, 0.05) is 0 Å². The molecule has 98 valence electrons. The SMILES string of the molecule is CC(N)(C(=O)O)c1ccccc1C(C)(N)C(=O)O. The van der Waals surface area contributed by atoms with Crippen molar-refractivity contribution in [1.29, 1.82) is 0 Å². The van der Waals surface area contributed by atoms with E-state index in [9.17, 15) is 9.59 Å². The van der Waals surface area contributed by atoms with Gasteiger partial charge in [0.05, 0.1) is 0 Å². The van der Waals surface area contributed by atoms with Crippen molar-refractivity contribution in [2.24, 2.45) is 11.5 Å². The van der Waals surface area contributed by atoms with Gasteiger partial charge in [0.25, 0.3) is 0 Å². The van der Waals surface area contributed by atoms with Crippen molar-refractivity contribution in [3.05, 3.63) is 35.4 Å². The summed E-state index contributed by atoms with van der Waals surface area (Å²) in [6.45, 7) is 2.60. The fraction of sp³-hybridized carbons (Fsp3) is 0.333. The van der Waals surface area contributed by atoms with Crippen LogP contribution in [0.5, 0.6) is 0 Å². The Labute approximate surface area is 104 Å². The number of carboxylic acids is 2. The van der Waals surface area contributed by atoms with Crippen molar-refractivity contribution in [2.75, 3.05) is 0 Å². The van der Waals surface area contributed by atoms with Crippen LogP contribution in [0.1, 0.15) is 25.0 Å². The van der Waals surface area contributed by atoms with Crippen molar-refractivity contribution in [2.45, 2.75) is 24.9 Å². The zero-order chi connectivity index (χ0) is 14.1. The largest absolute Gasteiger partial charge is 0.480 e. The molecule has 0 saturated heterocycles. The zero-order valence-electron chi connectivity index (χ0n) is 10.2. The van der Waals surface area contributed by atoms with Gasteiger partial charge >= 0.3 is 11.9 Å². The van der Waals surface area contributed by atoms with Crippen molar-refractivity contribution in [1.82, 2.24) is 0 Å². The highest BCUT2D eigenvalue weighted by Gasteiger charge is 2.39. The van der Waals surface area contributed by atoms with E-state index < -0.39 is 23.0 Å². The third-order valence-corrected chi connectivity index (χ3v) is 2.93. The molecule has 18 heavy (non-hydrogen) atoms. The molecule has 6 heteroatoms. The summed E-state index contributed by atoms with van der Waals surface area (Å²) in [7, 11) is 0. The molecule has 2 atom stereocenters. The molecule has 0 bridgehead atoms. The third-order valence-electron chi connectivity index (χ3n) is 2.93. The van der Waals surface area contributed by atoms with Gasteiger partial charge in [-0.3, -0.25) is 0 Å². The molecule has 0 amide bonds. The van der Waals surface area contributed by atoms with Crippen molar-refractivity contribution < 1.29 is 19.8 Å². The lowest BCUT2D eigenvalue weighted by atomic mass is 9.81. The monoisotopic (exact) mass is 252 g/mol. The minimum atomic E-state index is -1.70. The first-order valence-corrected chi connectivity index (χ1v) is 5.26. The molecule has 6 nitrogen and oxygen atoms in total. The minimum absolute atomic E-state index is 0.185. The van der Waals surface area contributed by atoms with Gasteiger partial charge in [-0.15, -0.1) is 0 Å². The van der Waals surface area contributed by atoms with Crippen LogP contribution in [0.25, 0.3) is 0 Å². The lowest BCUT2D eigenvalue weighted by Crippen LogP contribution is -2.48. The van der Waals surface area contributed by atoms with Gasteiger partial charge in [0.15, 0.2) is 0 Å². The van der Waals surface area contributed by atoms with Gasteiger partial charge < -0.3 is 21.7 Å². The minimum Gasteiger partial charge on any atom is -0.480 e. The second kappa shape index (κ2) is 4.40. The topological polar surface area (TPSA) is 127 Å². The van der Waals surface area contributed by atoms with Crippen LogP contribution in [-0.2, 0) is 20.7 Å². The predicted octanol–water partition coefficient (Wildman–Crippen LogP) is 0.204. The lowest BCUT2D eigenvalue weighted by Gasteiger charge is -2.29. The van der Waals surface area contributed by atoms with Crippen molar-refractivity contribution in [3.63, 3.8) is 0 Å². The molecule has 0 saturated carbocycles. The Kier molecular flexibility index (Phi) is 3.45. The Balaban J connectivity index is 3.50. The van der Waals surface area contributed by atoms with E-state index >= 15 is 0 Å². The fourth-order valence-corrected chi connectivity index (χ4v) is 1.62. The Hall–Kier alpha value is -1.92. The van der Waals surface area contributed by atoms with Crippen LogP contribution in [-0.4, -0.2) is 22.2 Å². The Morgan fingerprint density at radius 1 is 0.944 bits per heavy atom. The molecule has 0 radical (unpaired) electrons. The van der Waals surface area contributed by atoms with Crippen LogP contribution in [0.4, 0.5) is 0 Å². The van der Waals surface area contributed by atoms with Gasteiger partial charge in [0.1, 0.15) is 11.1 Å². The molecule has 0 aliphatic rings. The van der Waals surface area contributed by atoms with E-state index in [1.54, 1.807) is 12.1 Å². The van der Waals surface area contributed by atoms with Gasteiger partial charge in [-0.2, -0.15) is 0 Å². The molecule has 0 aromatic heterocycles. The van der Waals surface area contributed by atoms with Crippen LogP contribution in [0.15, 0.2) is 24.3 Å². The van der Waals surface area contributed by atoms with E-state index in [0.29, 0.717) is 0 Å². The first kappa shape index (κ1) is 14.1. The summed E-state index contributed by atoms with van der Waals surface area (Å²) in [6.07, 6.45) is 0. The highest BCUT2D eigenvalue weighted by Crippen LogP contribution is 2.29. The van der Waals surface area contributed by atoms with Crippen LogP contribution in [0, 0.1) is 0 Å². The summed E-state index contributed by atoms with van der Waals surface area (Å²) in [4.78, 5) is 22.3. The van der Waals surface area contributed by atoms with Gasteiger partial charge in [-0.25, -0.2) is 9.59 Å². The summed E-state index contributed by atoms with van der Waals surface area (Å²) in [5, 5.41) is 18.2. The van der Waals surface area contributed by atoms with Crippen LogP contribution < -0.4 is 11.5 Å². The van der Waals surface area contributed by atoms with Crippen LogP contribution in [0.2, 0.25) is 0 Å². The van der Waals surface area contributed by atoms with E-state index in [1.807, 2.05) is 0 Å². The van der Waals surface area contributed by atoms with Crippen LogP contribution >= 0.6 is 0 Å². The van der Waals surface area contributed by atoms with E-state index in [4.69, 9.17) is 21.7 Å². The molecule has 6 N–H and O–H groups in total. The van der Waals surface area contributed by atoms with Crippen LogP contribution in [0.3, 0.4) is 0 Å². The van der Waals surface area contributed by atoms with Gasteiger partial charge in [-0.1, -0.05) is 24.3 Å². The van der Waals surface area contributed by atoms with Gasteiger partial charge in [0.2, 0.25) is 0 Å². The molecule has 1 rings (SSSR count). The number of nitrogens with two attached hydrogens (primary N) is 2. The maximum absolute atomic E-state index is 11.2. The molecule has 0 aliphatic carbocycles. The Morgan fingerprint density at radius 2 is 1.22 bits per heavy atom. The number of carbonyl (C=O) groups is 2. The Morgan fingerprint density at radius 3 is 1.44 bits per heavy atom. The molecule has 0 heterocycles. The maximum Gasteiger partial charge on any atom is 0.328 e. The first-order valence-electron chi connectivity index (χ1n) is 5.26. The predicted molar refractivity (Wildman–Crippen MR) is 64.8 cm³/mol. The summed E-state index contributed by atoms with van der Waals surface area (Å²) in [5.41, 5.74) is 8.43. The zero-order valence-corrected chi connectivity index (χ0v) is 10.2. The number of benzene rings is 1. The average Bonchev–Trinajstić information content (AvgIpc) is 2.28. The molecule has 0 aliphatic heterocycles. The third kappa shape index (κ3) is 2.20. The summed E-state index contributed by atoms with van der Waals surface area (Å²) in [5.74, 6) is -2.51. The van der Waals surface area contributed by atoms with E-state index in [1.165, 1.54) is 26.0 Å². The van der Waals surface area contributed by atoms with E-state index in [-0.39, 0.29) is 11.1 Å². The van der Waals surface area contributed by atoms with Gasteiger partial charge in [-0.05, 0) is 25.0 Å². The van der Waals surface area contributed by atoms with E-state index in [2.05, 4.69) is 0 Å². The Bertz CT molecular complexity index is 450. The molecule has 0 spiro atoms. The first-order chi connectivity index (χ1) is 8.11. The summed E-state index contributed by atoms with van der Waals surface area (Å²) < 4.78 is 0. The maximum atomic E-state index is 11.2. The second-order valence-electron chi connectivity index (χ2n) is 4.56. The molecular formula is C12H16N2O4. The number of hydrogen-bond acceptors (Lipinski definition) is 4. The molecule has 1 aromatic rings. The van der Waals surface area contributed by atoms with E-state index in [0.717, 1.165) is 0 Å².